The molecule has 1 aliphatic rings. The second-order valence-electron chi connectivity index (χ2n) is 7.62. The van der Waals surface area contributed by atoms with Gasteiger partial charge in [0.25, 0.3) is 0 Å². The zero-order chi connectivity index (χ0) is 21.9. The van der Waals surface area contributed by atoms with Gasteiger partial charge in [-0.2, -0.15) is 0 Å². The SMILES string of the molecule is CCNC(=NCc1cccnc1OCC)NCC1CC(=O)N(CCc2ccccc2)C1. The van der Waals surface area contributed by atoms with Crippen LogP contribution in [0.5, 0.6) is 5.88 Å². The predicted molar refractivity (Wildman–Crippen MR) is 123 cm³/mol. The normalized spacial score (nSPS) is 16.5. The van der Waals surface area contributed by atoms with Gasteiger partial charge in [0.05, 0.1) is 13.2 Å². The standard InChI is InChI=1S/C24H33N5O2/c1-3-25-24(28-17-21-11-8-13-26-23(21)31-4-2)27-16-20-15-22(30)29(18-20)14-12-19-9-6-5-7-10-19/h5-11,13,20H,3-4,12,14-18H2,1-2H3,(H2,25,27,28). The summed E-state index contributed by atoms with van der Waals surface area (Å²) in [5.41, 5.74) is 2.21. The molecule has 0 radical (unpaired) electrons. The van der Waals surface area contributed by atoms with E-state index in [1.165, 1.54) is 5.56 Å². The first-order valence-corrected chi connectivity index (χ1v) is 11.1. The van der Waals surface area contributed by atoms with Gasteiger partial charge in [-0.05, 0) is 31.9 Å². The first-order valence-electron chi connectivity index (χ1n) is 11.1. The van der Waals surface area contributed by atoms with E-state index >= 15 is 0 Å². The lowest BCUT2D eigenvalue weighted by Gasteiger charge is -2.18. The number of carbonyl (C=O) groups excluding carboxylic acids is 1. The highest BCUT2D eigenvalue weighted by Crippen LogP contribution is 2.18. The van der Waals surface area contributed by atoms with Crippen LogP contribution in [0.2, 0.25) is 0 Å². The van der Waals surface area contributed by atoms with Crippen LogP contribution in [0.15, 0.2) is 53.7 Å². The maximum absolute atomic E-state index is 12.4. The molecule has 1 unspecified atom stereocenters. The van der Waals surface area contributed by atoms with Gasteiger partial charge < -0.3 is 20.3 Å². The summed E-state index contributed by atoms with van der Waals surface area (Å²) in [6.07, 6.45) is 3.20. The van der Waals surface area contributed by atoms with Gasteiger partial charge in [0.1, 0.15) is 0 Å². The van der Waals surface area contributed by atoms with Crippen molar-refractivity contribution >= 4 is 11.9 Å². The average Bonchev–Trinajstić information content (AvgIpc) is 3.15. The zero-order valence-corrected chi connectivity index (χ0v) is 18.5. The highest BCUT2D eigenvalue weighted by Gasteiger charge is 2.29. The number of aliphatic imine (C=N–C) groups is 1. The summed E-state index contributed by atoms with van der Waals surface area (Å²) in [5.74, 6) is 1.88. The molecule has 7 heteroatoms. The fourth-order valence-corrected chi connectivity index (χ4v) is 3.67. The van der Waals surface area contributed by atoms with Crippen molar-refractivity contribution in [2.45, 2.75) is 33.2 Å². The summed E-state index contributed by atoms with van der Waals surface area (Å²) in [5, 5.41) is 6.67. The monoisotopic (exact) mass is 423 g/mol. The van der Waals surface area contributed by atoms with Gasteiger partial charge in [0.15, 0.2) is 5.96 Å². The van der Waals surface area contributed by atoms with Crippen LogP contribution >= 0.6 is 0 Å². The molecule has 166 valence electrons. The third kappa shape index (κ3) is 6.98. The Bertz CT molecular complexity index is 856. The minimum absolute atomic E-state index is 0.237. The van der Waals surface area contributed by atoms with Crippen molar-refractivity contribution in [1.29, 1.82) is 0 Å². The lowest BCUT2D eigenvalue weighted by atomic mass is 10.1. The number of nitrogens with zero attached hydrogens (tertiary/aromatic N) is 3. The molecule has 1 fully saturated rings. The molecule has 0 spiro atoms. The smallest absolute Gasteiger partial charge is 0.223 e. The first kappa shape index (κ1) is 22.6. The Morgan fingerprint density at radius 1 is 1.19 bits per heavy atom. The molecular formula is C24H33N5O2. The topological polar surface area (TPSA) is 78.9 Å². The van der Waals surface area contributed by atoms with Crippen molar-refractivity contribution in [3.05, 3.63) is 59.8 Å². The second kappa shape index (κ2) is 11.9. The number of guanidine groups is 1. The van der Waals surface area contributed by atoms with Crippen LogP contribution in [0.4, 0.5) is 0 Å². The van der Waals surface area contributed by atoms with Crippen LogP contribution in [0, 0.1) is 5.92 Å². The summed E-state index contributed by atoms with van der Waals surface area (Å²) in [6.45, 7) is 8.07. The number of amides is 1. The lowest BCUT2D eigenvalue weighted by Crippen LogP contribution is -2.40. The number of ether oxygens (including phenoxy) is 1. The summed E-state index contributed by atoms with van der Waals surface area (Å²) in [4.78, 5) is 23.4. The van der Waals surface area contributed by atoms with Crippen LogP contribution < -0.4 is 15.4 Å². The van der Waals surface area contributed by atoms with Gasteiger partial charge in [-0.1, -0.05) is 36.4 Å². The van der Waals surface area contributed by atoms with Gasteiger partial charge in [-0.3, -0.25) is 4.79 Å². The van der Waals surface area contributed by atoms with Crippen molar-refractivity contribution in [3.8, 4) is 5.88 Å². The Kier molecular flexibility index (Phi) is 8.70. The number of pyridine rings is 1. The number of benzene rings is 1. The molecule has 0 aliphatic carbocycles. The lowest BCUT2D eigenvalue weighted by molar-refractivity contribution is -0.127. The Morgan fingerprint density at radius 3 is 2.81 bits per heavy atom. The molecule has 31 heavy (non-hydrogen) atoms. The van der Waals surface area contributed by atoms with E-state index < -0.39 is 0 Å². The van der Waals surface area contributed by atoms with Gasteiger partial charge in [0, 0.05) is 50.3 Å². The summed E-state index contributed by atoms with van der Waals surface area (Å²) < 4.78 is 5.58. The van der Waals surface area contributed by atoms with Crippen LogP contribution in [-0.2, 0) is 17.8 Å². The molecule has 1 aromatic carbocycles. The third-order valence-electron chi connectivity index (χ3n) is 5.25. The number of hydrogen-bond acceptors (Lipinski definition) is 4. The fourth-order valence-electron chi connectivity index (χ4n) is 3.67. The Labute approximate surface area is 184 Å². The maximum atomic E-state index is 12.4. The minimum atomic E-state index is 0.237. The number of nitrogens with one attached hydrogen (secondary N) is 2. The van der Waals surface area contributed by atoms with E-state index in [1.54, 1.807) is 6.20 Å². The van der Waals surface area contributed by atoms with Gasteiger partial charge in [-0.25, -0.2) is 9.98 Å². The molecule has 1 atom stereocenters. The summed E-state index contributed by atoms with van der Waals surface area (Å²) in [7, 11) is 0. The average molecular weight is 424 g/mol. The van der Waals surface area contributed by atoms with E-state index in [-0.39, 0.29) is 11.8 Å². The Balaban J connectivity index is 1.50. The number of likely N-dealkylation sites (tertiary alicyclic amines) is 1. The summed E-state index contributed by atoms with van der Waals surface area (Å²) >= 11 is 0. The molecule has 1 aromatic heterocycles. The minimum Gasteiger partial charge on any atom is -0.478 e. The zero-order valence-electron chi connectivity index (χ0n) is 18.5. The van der Waals surface area contributed by atoms with Crippen molar-refractivity contribution in [1.82, 2.24) is 20.5 Å². The Morgan fingerprint density at radius 2 is 2.03 bits per heavy atom. The van der Waals surface area contributed by atoms with E-state index in [9.17, 15) is 4.79 Å². The van der Waals surface area contributed by atoms with E-state index in [1.807, 2.05) is 49.1 Å². The van der Waals surface area contributed by atoms with Gasteiger partial charge in [-0.15, -0.1) is 0 Å². The maximum Gasteiger partial charge on any atom is 0.223 e. The number of hydrogen-bond donors (Lipinski definition) is 2. The second-order valence-corrected chi connectivity index (χ2v) is 7.62. The van der Waals surface area contributed by atoms with Crippen LogP contribution in [0.3, 0.4) is 0 Å². The largest absolute Gasteiger partial charge is 0.478 e. The van der Waals surface area contributed by atoms with Crippen LogP contribution in [-0.4, -0.2) is 54.5 Å². The molecule has 2 aromatic rings. The molecular weight excluding hydrogens is 390 g/mol. The van der Waals surface area contributed by atoms with Crippen LogP contribution in [0.1, 0.15) is 31.4 Å². The number of rotatable bonds is 10. The van der Waals surface area contributed by atoms with Crippen molar-refractivity contribution in [3.63, 3.8) is 0 Å². The predicted octanol–water partition coefficient (Wildman–Crippen LogP) is 2.63. The van der Waals surface area contributed by atoms with Crippen LogP contribution in [0.25, 0.3) is 0 Å². The molecule has 7 nitrogen and oxygen atoms in total. The van der Waals surface area contributed by atoms with Gasteiger partial charge >= 0.3 is 0 Å². The van der Waals surface area contributed by atoms with Crippen molar-refractivity contribution < 1.29 is 9.53 Å². The molecule has 1 aliphatic heterocycles. The first-order chi connectivity index (χ1) is 15.2. The molecule has 2 heterocycles. The number of carbonyl (C=O) groups is 1. The van der Waals surface area contributed by atoms with Crippen molar-refractivity contribution in [2.75, 3.05) is 32.8 Å². The highest BCUT2D eigenvalue weighted by atomic mass is 16.5. The fraction of sp³-hybridized carbons (Fsp3) is 0.458. The molecule has 1 amide bonds. The molecule has 3 rings (SSSR count). The quantitative estimate of drug-likeness (QED) is 0.454. The molecule has 1 saturated heterocycles. The molecule has 2 N–H and O–H groups in total. The molecule has 0 bridgehead atoms. The van der Waals surface area contributed by atoms with E-state index in [0.29, 0.717) is 32.0 Å². The number of aromatic nitrogens is 1. The van der Waals surface area contributed by atoms with E-state index in [2.05, 4.69) is 32.7 Å². The summed E-state index contributed by atoms with van der Waals surface area (Å²) in [6, 6.07) is 14.2. The molecule has 0 saturated carbocycles. The van der Waals surface area contributed by atoms with E-state index in [0.717, 1.165) is 37.6 Å². The highest BCUT2D eigenvalue weighted by molar-refractivity contribution is 5.81. The third-order valence-corrected chi connectivity index (χ3v) is 5.25. The van der Waals surface area contributed by atoms with Gasteiger partial charge in [0.2, 0.25) is 11.8 Å². The van der Waals surface area contributed by atoms with E-state index in [4.69, 9.17) is 4.74 Å². The Hall–Kier alpha value is -3.09. The van der Waals surface area contributed by atoms with Crippen molar-refractivity contribution in [2.24, 2.45) is 10.9 Å².